The zero-order chi connectivity index (χ0) is 14.1. The van der Waals surface area contributed by atoms with Crippen LogP contribution in [0, 0.1) is 0 Å². The molecule has 1 aromatic heterocycles. The van der Waals surface area contributed by atoms with E-state index in [1.165, 1.54) is 17.3 Å². The van der Waals surface area contributed by atoms with Crippen LogP contribution in [0.3, 0.4) is 0 Å². The Kier molecular flexibility index (Phi) is 3.14. The predicted molar refractivity (Wildman–Crippen MR) is 78.2 cm³/mol. The van der Waals surface area contributed by atoms with Gasteiger partial charge in [0.2, 0.25) is 0 Å². The fraction of sp³-hybridized carbons (Fsp3) is 0.250. The molecule has 4 nitrogen and oxygen atoms in total. The average molecular weight is 267 g/mol. The van der Waals surface area contributed by atoms with Crippen LogP contribution in [0.25, 0.3) is 0 Å². The maximum Gasteiger partial charge on any atom is 0.272 e. The fourth-order valence-corrected chi connectivity index (χ4v) is 2.79. The van der Waals surface area contributed by atoms with Gasteiger partial charge in [0.25, 0.3) is 5.91 Å². The number of aromatic nitrogens is 1. The minimum Gasteiger partial charge on any atom is -0.397 e. The van der Waals surface area contributed by atoms with Crippen molar-refractivity contribution in [2.45, 2.75) is 18.9 Å². The lowest BCUT2D eigenvalue weighted by Gasteiger charge is -2.25. The highest BCUT2D eigenvalue weighted by molar-refractivity contribution is 5.92. The summed E-state index contributed by atoms with van der Waals surface area (Å²) in [7, 11) is 1.84. The summed E-state index contributed by atoms with van der Waals surface area (Å²) in [4.78, 5) is 18.4. The Morgan fingerprint density at radius 3 is 2.85 bits per heavy atom. The van der Waals surface area contributed by atoms with Crippen molar-refractivity contribution in [1.29, 1.82) is 0 Å². The standard InChI is InChI=1S/C16H17N3O/c1-19(16(20)14-8-7-12(17)10-18-14)15-9-6-11-4-2-3-5-13(11)15/h2-5,7-8,10,15H,6,9,17H2,1H3. The lowest BCUT2D eigenvalue weighted by Crippen LogP contribution is -2.30. The SMILES string of the molecule is CN(C(=O)c1ccc(N)cn1)C1CCc2ccccc21. The van der Waals surface area contributed by atoms with Gasteiger partial charge < -0.3 is 10.6 Å². The van der Waals surface area contributed by atoms with E-state index in [4.69, 9.17) is 5.73 Å². The van der Waals surface area contributed by atoms with Crippen molar-refractivity contribution in [3.8, 4) is 0 Å². The van der Waals surface area contributed by atoms with E-state index in [1.54, 1.807) is 17.0 Å². The average Bonchev–Trinajstić information content (AvgIpc) is 2.90. The Balaban J connectivity index is 1.85. The first-order valence-corrected chi connectivity index (χ1v) is 6.73. The van der Waals surface area contributed by atoms with Crippen molar-refractivity contribution in [3.05, 3.63) is 59.4 Å². The van der Waals surface area contributed by atoms with Crippen molar-refractivity contribution < 1.29 is 4.79 Å². The van der Waals surface area contributed by atoms with Crippen molar-refractivity contribution in [3.63, 3.8) is 0 Å². The van der Waals surface area contributed by atoms with Crippen LogP contribution in [0.4, 0.5) is 5.69 Å². The summed E-state index contributed by atoms with van der Waals surface area (Å²) in [6.07, 6.45) is 3.51. The van der Waals surface area contributed by atoms with E-state index >= 15 is 0 Å². The number of carbonyl (C=O) groups excluding carboxylic acids is 1. The molecule has 1 atom stereocenters. The smallest absolute Gasteiger partial charge is 0.272 e. The van der Waals surface area contributed by atoms with Crippen LogP contribution < -0.4 is 5.73 Å². The molecule has 0 spiro atoms. The van der Waals surface area contributed by atoms with Crippen LogP contribution in [0.1, 0.15) is 34.1 Å². The molecule has 0 bridgehead atoms. The zero-order valence-corrected chi connectivity index (χ0v) is 11.4. The highest BCUT2D eigenvalue weighted by Crippen LogP contribution is 2.35. The minimum atomic E-state index is -0.0632. The number of rotatable bonds is 2. The number of nitrogens with zero attached hydrogens (tertiary/aromatic N) is 2. The van der Waals surface area contributed by atoms with E-state index in [2.05, 4.69) is 17.1 Å². The van der Waals surface area contributed by atoms with Gasteiger partial charge >= 0.3 is 0 Å². The van der Waals surface area contributed by atoms with Crippen LogP contribution in [0.2, 0.25) is 0 Å². The van der Waals surface area contributed by atoms with Crippen molar-refractivity contribution in [1.82, 2.24) is 9.88 Å². The van der Waals surface area contributed by atoms with E-state index < -0.39 is 0 Å². The lowest BCUT2D eigenvalue weighted by atomic mass is 10.1. The molecule has 1 heterocycles. The van der Waals surface area contributed by atoms with Crippen LogP contribution in [0.5, 0.6) is 0 Å². The number of aryl methyl sites for hydroxylation is 1. The van der Waals surface area contributed by atoms with Crippen molar-refractivity contribution >= 4 is 11.6 Å². The molecule has 2 aromatic rings. The van der Waals surface area contributed by atoms with Gasteiger partial charge in [0.1, 0.15) is 5.69 Å². The van der Waals surface area contributed by atoms with Gasteiger partial charge in [-0.15, -0.1) is 0 Å². The Bertz CT molecular complexity index is 636. The van der Waals surface area contributed by atoms with E-state index in [-0.39, 0.29) is 11.9 Å². The molecule has 0 saturated carbocycles. The van der Waals surface area contributed by atoms with Gasteiger partial charge in [-0.2, -0.15) is 0 Å². The van der Waals surface area contributed by atoms with Gasteiger partial charge in [-0.1, -0.05) is 24.3 Å². The summed E-state index contributed by atoms with van der Waals surface area (Å²) in [5, 5.41) is 0. The molecular weight excluding hydrogens is 250 g/mol. The Hall–Kier alpha value is -2.36. The van der Waals surface area contributed by atoms with Crippen LogP contribution >= 0.6 is 0 Å². The second-order valence-electron chi connectivity index (χ2n) is 5.15. The Labute approximate surface area is 118 Å². The Morgan fingerprint density at radius 1 is 1.30 bits per heavy atom. The monoisotopic (exact) mass is 267 g/mol. The third-order valence-electron chi connectivity index (χ3n) is 3.89. The molecule has 0 saturated heterocycles. The van der Waals surface area contributed by atoms with Crippen LogP contribution in [-0.2, 0) is 6.42 Å². The molecule has 0 radical (unpaired) electrons. The summed E-state index contributed by atoms with van der Waals surface area (Å²) >= 11 is 0. The van der Waals surface area contributed by atoms with Crippen molar-refractivity contribution in [2.24, 2.45) is 0 Å². The van der Waals surface area contributed by atoms with Gasteiger partial charge in [0.05, 0.1) is 17.9 Å². The molecule has 1 unspecified atom stereocenters. The first-order chi connectivity index (χ1) is 9.66. The third-order valence-corrected chi connectivity index (χ3v) is 3.89. The lowest BCUT2D eigenvalue weighted by molar-refractivity contribution is 0.0724. The van der Waals surface area contributed by atoms with E-state index in [1.807, 2.05) is 19.2 Å². The summed E-state index contributed by atoms with van der Waals surface area (Å²) in [6.45, 7) is 0. The van der Waals surface area contributed by atoms with E-state index in [0.717, 1.165) is 12.8 Å². The zero-order valence-electron chi connectivity index (χ0n) is 11.4. The number of nitrogen functional groups attached to an aromatic ring is 1. The number of hydrogen-bond acceptors (Lipinski definition) is 3. The van der Waals surface area contributed by atoms with Gasteiger partial charge in [-0.3, -0.25) is 4.79 Å². The van der Waals surface area contributed by atoms with Gasteiger partial charge in [0.15, 0.2) is 0 Å². The van der Waals surface area contributed by atoms with Gasteiger partial charge in [-0.25, -0.2) is 4.98 Å². The fourth-order valence-electron chi connectivity index (χ4n) is 2.79. The van der Waals surface area contributed by atoms with Crippen LogP contribution in [-0.4, -0.2) is 22.8 Å². The summed E-state index contributed by atoms with van der Waals surface area (Å²) in [5.74, 6) is -0.0632. The second-order valence-corrected chi connectivity index (χ2v) is 5.15. The largest absolute Gasteiger partial charge is 0.397 e. The maximum atomic E-state index is 12.5. The second kappa shape index (κ2) is 4.96. The summed E-state index contributed by atoms with van der Waals surface area (Å²) < 4.78 is 0. The number of pyridine rings is 1. The van der Waals surface area contributed by atoms with Gasteiger partial charge in [-0.05, 0) is 36.1 Å². The molecule has 0 fully saturated rings. The molecule has 1 amide bonds. The first kappa shape index (κ1) is 12.7. The number of nitrogens with two attached hydrogens (primary N) is 1. The van der Waals surface area contributed by atoms with Gasteiger partial charge in [0, 0.05) is 7.05 Å². The number of fused-ring (bicyclic) bond motifs is 1. The molecule has 2 N–H and O–H groups in total. The maximum absolute atomic E-state index is 12.5. The number of carbonyl (C=O) groups is 1. The molecule has 1 aromatic carbocycles. The normalized spacial score (nSPS) is 16.8. The summed E-state index contributed by atoms with van der Waals surface area (Å²) in [5.41, 5.74) is 9.19. The highest BCUT2D eigenvalue weighted by Gasteiger charge is 2.29. The molecule has 3 rings (SSSR count). The molecule has 0 aliphatic heterocycles. The first-order valence-electron chi connectivity index (χ1n) is 6.73. The topological polar surface area (TPSA) is 59.2 Å². The molecule has 4 heteroatoms. The molecule has 102 valence electrons. The third kappa shape index (κ3) is 2.13. The molecule has 1 aliphatic carbocycles. The molecule has 20 heavy (non-hydrogen) atoms. The van der Waals surface area contributed by atoms with E-state index in [9.17, 15) is 4.79 Å². The summed E-state index contributed by atoms with van der Waals surface area (Å²) in [6, 6.07) is 11.8. The molecule has 1 aliphatic rings. The quantitative estimate of drug-likeness (QED) is 0.909. The predicted octanol–water partition coefficient (Wildman–Crippen LogP) is 2.42. The number of anilines is 1. The number of amides is 1. The van der Waals surface area contributed by atoms with Crippen molar-refractivity contribution in [2.75, 3.05) is 12.8 Å². The van der Waals surface area contributed by atoms with Crippen LogP contribution in [0.15, 0.2) is 42.6 Å². The highest BCUT2D eigenvalue weighted by atomic mass is 16.2. The minimum absolute atomic E-state index is 0.0632. The number of hydrogen-bond donors (Lipinski definition) is 1. The Morgan fingerprint density at radius 2 is 2.10 bits per heavy atom. The van der Waals surface area contributed by atoms with E-state index in [0.29, 0.717) is 11.4 Å². The molecular formula is C16H17N3O. The number of benzene rings is 1.